The second-order valence-electron chi connectivity index (χ2n) is 9.38. The van der Waals surface area contributed by atoms with Crippen molar-refractivity contribution in [3.8, 4) is 0 Å². The largest absolute Gasteiger partial charge is 0.494 e. The molecule has 2 saturated carbocycles. The Morgan fingerprint density at radius 2 is 1.73 bits per heavy atom. The molecule has 26 heavy (non-hydrogen) atoms. The number of fused-ring (bicyclic) bond motifs is 1. The van der Waals surface area contributed by atoms with E-state index in [9.17, 15) is 4.79 Å². The third kappa shape index (κ3) is 2.20. The molecule has 1 unspecified atom stereocenters. The molecule has 1 aromatic heterocycles. The average molecular weight is 351 g/mol. The monoisotopic (exact) mass is 351 g/mol. The maximum Gasteiger partial charge on any atom is 0.494 e. The van der Waals surface area contributed by atoms with Crippen LogP contribution in [0.5, 0.6) is 0 Å². The third-order valence-corrected chi connectivity index (χ3v) is 7.33. The second-order valence-corrected chi connectivity index (χ2v) is 9.38. The lowest BCUT2D eigenvalue weighted by Gasteiger charge is -2.38. The molecule has 0 amide bonds. The van der Waals surface area contributed by atoms with E-state index < -0.39 is 7.12 Å². The number of nitrogens with zero attached hydrogens (tertiary/aromatic N) is 1. The summed E-state index contributed by atoms with van der Waals surface area (Å²) in [5, 5.41) is 1.75. The number of hydrogen-bond acceptors (Lipinski definition) is 3. The molecule has 0 radical (unpaired) electrons. The van der Waals surface area contributed by atoms with Crippen LogP contribution in [0.1, 0.15) is 59.4 Å². The summed E-state index contributed by atoms with van der Waals surface area (Å²) in [5.74, 6) is 0. The smallest absolute Gasteiger partial charge is 0.399 e. The van der Waals surface area contributed by atoms with E-state index in [2.05, 4.69) is 6.07 Å². The van der Waals surface area contributed by atoms with Crippen molar-refractivity contribution in [3.05, 3.63) is 40.8 Å². The number of benzene rings is 1. The zero-order valence-corrected chi connectivity index (χ0v) is 16.0. The fraction of sp³-hybridized carbons (Fsp3) is 0.571. The first-order chi connectivity index (χ1) is 12.2. The Morgan fingerprint density at radius 3 is 2.31 bits per heavy atom. The number of aromatic nitrogens is 1. The minimum Gasteiger partial charge on any atom is -0.399 e. The van der Waals surface area contributed by atoms with E-state index >= 15 is 0 Å². The van der Waals surface area contributed by atoms with Crippen molar-refractivity contribution in [2.45, 2.75) is 70.6 Å². The molecular weight excluding hydrogens is 325 g/mol. The summed E-state index contributed by atoms with van der Waals surface area (Å²) in [4.78, 5) is 13.2. The summed E-state index contributed by atoms with van der Waals surface area (Å²) in [6.45, 7) is 8.19. The Balaban J connectivity index is 1.55. The summed E-state index contributed by atoms with van der Waals surface area (Å²) >= 11 is 0. The van der Waals surface area contributed by atoms with Gasteiger partial charge in [-0.15, -0.1) is 0 Å². The first-order valence-electron chi connectivity index (χ1n) is 9.73. The zero-order valence-electron chi connectivity index (χ0n) is 16.0. The maximum absolute atomic E-state index is 13.2. The molecule has 136 valence electrons. The molecule has 2 heterocycles. The van der Waals surface area contributed by atoms with Crippen LogP contribution in [0, 0.1) is 5.41 Å². The first-order valence-corrected chi connectivity index (χ1v) is 9.73. The lowest BCUT2D eigenvalue weighted by molar-refractivity contribution is 0.00578. The van der Waals surface area contributed by atoms with Gasteiger partial charge in [-0.25, -0.2) is 0 Å². The number of rotatable bonds is 2. The summed E-state index contributed by atoms with van der Waals surface area (Å²) in [7, 11) is -0.434. The van der Waals surface area contributed by atoms with Gasteiger partial charge < -0.3 is 13.9 Å². The normalized spacial score (nSPS) is 27.7. The Labute approximate surface area is 154 Å². The quantitative estimate of drug-likeness (QED) is 0.779. The Kier molecular flexibility index (Phi) is 3.20. The Morgan fingerprint density at radius 1 is 1.04 bits per heavy atom. The van der Waals surface area contributed by atoms with Gasteiger partial charge in [0.2, 0.25) is 0 Å². The van der Waals surface area contributed by atoms with Crippen molar-refractivity contribution in [3.63, 3.8) is 0 Å². The minimum atomic E-state index is -0.434. The molecule has 1 saturated heterocycles. The molecule has 2 aromatic rings. The highest BCUT2D eigenvalue weighted by molar-refractivity contribution is 6.62. The maximum atomic E-state index is 13.2. The highest BCUT2D eigenvalue weighted by Crippen LogP contribution is 2.66. The van der Waals surface area contributed by atoms with Gasteiger partial charge >= 0.3 is 7.12 Å². The van der Waals surface area contributed by atoms with Gasteiger partial charge in [0, 0.05) is 17.6 Å². The first kappa shape index (κ1) is 16.6. The Bertz CT molecular complexity index is 941. The minimum absolute atomic E-state index is 0.122. The van der Waals surface area contributed by atoms with E-state index in [1.54, 1.807) is 0 Å². The van der Waals surface area contributed by atoms with Gasteiger partial charge in [-0.05, 0) is 81.8 Å². The summed E-state index contributed by atoms with van der Waals surface area (Å²) in [6.07, 6.45) is 6.94. The van der Waals surface area contributed by atoms with Crippen molar-refractivity contribution >= 4 is 23.4 Å². The molecule has 5 rings (SSSR count). The lowest BCUT2D eigenvalue weighted by atomic mass is 9.75. The standard InChI is InChI=1S/C21H26BNO3/c1-19(2)20(3,4)26-22(25-19)15-6-5-14-8-12-23(18(24)16(14)13-15)17-7-9-21(17)10-11-21/h5-6,8,12-13,17H,7,9-11H2,1-4H3. The van der Waals surface area contributed by atoms with E-state index in [1.807, 2.05) is 56.7 Å². The highest BCUT2D eigenvalue weighted by atomic mass is 16.7. The molecule has 5 heteroatoms. The molecule has 3 fully saturated rings. The van der Waals surface area contributed by atoms with Crippen molar-refractivity contribution in [1.82, 2.24) is 4.57 Å². The molecule has 1 aromatic carbocycles. The van der Waals surface area contributed by atoms with Crippen molar-refractivity contribution in [2.75, 3.05) is 0 Å². The van der Waals surface area contributed by atoms with Crippen LogP contribution in [0.2, 0.25) is 0 Å². The van der Waals surface area contributed by atoms with Gasteiger partial charge in [0.15, 0.2) is 0 Å². The molecule has 1 spiro atoms. The van der Waals surface area contributed by atoms with Crippen LogP contribution in [0.25, 0.3) is 10.8 Å². The molecule has 1 atom stereocenters. The van der Waals surface area contributed by atoms with Crippen LogP contribution in [0.4, 0.5) is 0 Å². The second kappa shape index (κ2) is 5.02. The fourth-order valence-corrected chi connectivity index (χ4v) is 4.50. The van der Waals surface area contributed by atoms with Crippen LogP contribution in [0.15, 0.2) is 35.3 Å². The zero-order chi connectivity index (χ0) is 18.3. The van der Waals surface area contributed by atoms with E-state index in [1.165, 1.54) is 19.3 Å². The Hall–Kier alpha value is -1.59. The summed E-state index contributed by atoms with van der Waals surface area (Å²) < 4.78 is 14.3. The van der Waals surface area contributed by atoms with E-state index in [0.29, 0.717) is 11.5 Å². The van der Waals surface area contributed by atoms with Gasteiger partial charge in [0.05, 0.1) is 11.2 Å². The fourth-order valence-electron chi connectivity index (χ4n) is 4.50. The van der Waals surface area contributed by atoms with Crippen LogP contribution in [-0.2, 0) is 9.31 Å². The SMILES string of the molecule is CC1(C)OB(c2ccc3ccn(C4CCC45CC5)c(=O)c3c2)OC1(C)C. The number of pyridine rings is 1. The highest BCUT2D eigenvalue weighted by Gasteiger charge is 2.56. The third-order valence-electron chi connectivity index (χ3n) is 7.33. The summed E-state index contributed by atoms with van der Waals surface area (Å²) in [5.41, 5.74) is 0.709. The molecule has 1 aliphatic heterocycles. The van der Waals surface area contributed by atoms with E-state index in [-0.39, 0.29) is 16.8 Å². The van der Waals surface area contributed by atoms with E-state index in [4.69, 9.17) is 9.31 Å². The lowest BCUT2D eigenvalue weighted by Crippen LogP contribution is -2.41. The van der Waals surface area contributed by atoms with Gasteiger partial charge in [-0.2, -0.15) is 0 Å². The molecule has 0 bridgehead atoms. The van der Waals surface area contributed by atoms with Crippen molar-refractivity contribution < 1.29 is 9.31 Å². The van der Waals surface area contributed by atoms with Crippen LogP contribution in [-0.4, -0.2) is 22.9 Å². The average Bonchev–Trinajstić information content (AvgIpc) is 3.34. The summed E-state index contributed by atoms with van der Waals surface area (Å²) in [6, 6.07) is 8.45. The molecule has 2 aliphatic carbocycles. The van der Waals surface area contributed by atoms with Gasteiger partial charge in [0.25, 0.3) is 5.56 Å². The topological polar surface area (TPSA) is 40.5 Å². The predicted molar refractivity (Wildman–Crippen MR) is 104 cm³/mol. The van der Waals surface area contributed by atoms with Gasteiger partial charge in [0.1, 0.15) is 0 Å². The van der Waals surface area contributed by atoms with Crippen molar-refractivity contribution in [2.24, 2.45) is 5.41 Å². The van der Waals surface area contributed by atoms with Gasteiger partial charge in [-0.3, -0.25) is 4.79 Å². The van der Waals surface area contributed by atoms with Crippen molar-refractivity contribution in [1.29, 1.82) is 0 Å². The van der Waals surface area contributed by atoms with Crippen LogP contribution >= 0.6 is 0 Å². The molecule has 3 aliphatic rings. The van der Waals surface area contributed by atoms with Crippen LogP contribution in [0.3, 0.4) is 0 Å². The molecule has 4 nitrogen and oxygen atoms in total. The van der Waals surface area contributed by atoms with E-state index in [0.717, 1.165) is 22.7 Å². The number of hydrogen-bond donors (Lipinski definition) is 0. The molecule has 0 N–H and O–H groups in total. The van der Waals surface area contributed by atoms with Gasteiger partial charge in [-0.1, -0.05) is 12.1 Å². The molecular formula is C21H26BNO3. The predicted octanol–water partition coefficient (Wildman–Crippen LogP) is 3.42. The van der Waals surface area contributed by atoms with Crippen LogP contribution < -0.4 is 11.0 Å².